The molecule has 0 N–H and O–H groups in total. The number of hydrogen-bond donors (Lipinski definition) is 0. The molecule has 1 rings (SSSR count). The Hall–Kier alpha value is 0.250. The van der Waals surface area contributed by atoms with Gasteiger partial charge in [0.1, 0.15) is 4.84 Å². The van der Waals surface area contributed by atoms with Crippen LogP contribution in [-0.4, -0.2) is 16.6 Å². The third kappa shape index (κ3) is 3.86. The van der Waals surface area contributed by atoms with Gasteiger partial charge in [0.25, 0.3) is 0 Å². The second-order valence-electron chi connectivity index (χ2n) is 3.57. The molecule has 1 fully saturated rings. The first kappa shape index (κ1) is 11.3. The first-order chi connectivity index (χ1) is 6.24. The predicted molar refractivity (Wildman–Crippen MR) is 60.1 cm³/mol. The lowest BCUT2D eigenvalue weighted by Gasteiger charge is -2.19. The van der Waals surface area contributed by atoms with Crippen molar-refractivity contribution in [2.45, 2.75) is 56.3 Å². The molecule has 3 heteroatoms. The van der Waals surface area contributed by atoms with Crippen molar-refractivity contribution in [3.8, 4) is 0 Å². The fourth-order valence-corrected chi connectivity index (χ4v) is 2.17. The number of nitrogens with zero attached hydrogens (tertiary/aromatic N) is 1. The summed E-state index contributed by atoms with van der Waals surface area (Å²) in [6.07, 6.45) is 7.27. The standard InChI is InChI=1S/C10H17Cl2N/c1-2-9(10(11)12)13-8-6-4-3-5-7-8/h8,10H,2-7H2,1H3. The van der Waals surface area contributed by atoms with E-state index in [1.54, 1.807) is 0 Å². The van der Waals surface area contributed by atoms with Crippen molar-refractivity contribution < 1.29 is 0 Å². The van der Waals surface area contributed by atoms with Crippen LogP contribution in [0.1, 0.15) is 45.4 Å². The van der Waals surface area contributed by atoms with E-state index in [-0.39, 0.29) is 0 Å². The molecular formula is C10H17Cl2N. The summed E-state index contributed by atoms with van der Waals surface area (Å²) in [5.41, 5.74) is 0.954. The van der Waals surface area contributed by atoms with Gasteiger partial charge < -0.3 is 0 Å². The van der Waals surface area contributed by atoms with Crippen LogP contribution < -0.4 is 0 Å². The summed E-state index contributed by atoms with van der Waals surface area (Å²) >= 11 is 11.6. The van der Waals surface area contributed by atoms with Crippen LogP contribution in [0.3, 0.4) is 0 Å². The van der Waals surface area contributed by atoms with Gasteiger partial charge in [-0.3, -0.25) is 4.99 Å². The van der Waals surface area contributed by atoms with E-state index in [1.807, 2.05) is 0 Å². The molecule has 1 aliphatic carbocycles. The Bertz CT molecular complexity index is 172. The molecule has 76 valence electrons. The number of alkyl halides is 2. The molecule has 0 heterocycles. The summed E-state index contributed by atoms with van der Waals surface area (Å²) in [7, 11) is 0. The molecule has 1 saturated carbocycles. The van der Waals surface area contributed by atoms with Crippen molar-refractivity contribution in [2.75, 3.05) is 0 Å². The predicted octanol–water partition coefficient (Wildman–Crippen LogP) is 3.97. The molecule has 0 spiro atoms. The summed E-state index contributed by atoms with van der Waals surface area (Å²) in [6, 6.07) is 0.490. The second-order valence-corrected chi connectivity index (χ2v) is 4.66. The summed E-state index contributed by atoms with van der Waals surface area (Å²) in [5.74, 6) is 0. The lowest BCUT2D eigenvalue weighted by molar-refractivity contribution is 0.443. The molecule has 0 aromatic rings. The quantitative estimate of drug-likeness (QED) is 0.506. The largest absolute Gasteiger partial charge is 0.288 e. The van der Waals surface area contributed by atoms with Gasteiger partial charge in [-0.05, 0) is 19.3 Å². The van der Waals surface area contributed by atoms with Crippen LogP contribution in [0.25, 0.3) is 0 Å². The minimum absolute atomic E-state index is 0.410. The Labute approximate surface area is 90.5 Å². The smallest absolute Gasteiger partial charge is 0.145 e. The van der Waals surface area contributed by atoms with E-state index in [0.717, 1.165) is 12.1 Å². The number of rotatable bonds is 3. The topological polar surface area (TPSA) is 12.4 Å². The second kappa shape index (κ2) is 5.87. The minimum atomic E-state index is -0.410. The van der Waals surface area contributed by atoms with Gasteiger partial charge in [0, 0.05) is 11.8 Å². The van der Waals surface area contributed by atoms with E-state index in [0.29, 0.717) is 6.04 Å². The fourth-order valence-electron chi connectivity index (χ4n) is 1.75. The van der Waals surface area contributed by atoms with Crippen molar-refractivity contribution >= 4 is 28.9 Å². The molecule has 1 nitrogen and oxygen atoms in total. The lowest BCUT2D eigenvalue weighted by Crippen LogP contribution is -2.16. The van der Waals surface area contributed by atoms with E-state index in [9.17, 15) is 0 Å². The van der Waals surface area contributed by atoms with Crippen molar-refractivity contribution in [3.05, 3.63) is 0 Å². The summed E-state index contributed by atoms with van der Waals surface area (Å²) in [5, 5.41) is 0. The van der Waals surface area contributed by atoms with Crippen LogP contribution in [0, 0.1) is 0 Å². The van der Waals surface area contributed by atoms with E-state index in [4.69, 9.17) is 23.2 Å². The van der Waals surface area contributed by atoms with Gasteiger partial charge in [0.2, 0.25) is 0 Å². The van der Waals surface area contributed by atoms with E-state index in [1.165, 1.54) is 32.1 Å². The Kier molecular flexibility index (Phi) is 5.12. The van der Waals surface area contributed by atoms with Crippen LogP contribution in [0.4, 0.5) is 0 Å². The van der Waals surface area contributed by atoms with Gasteiger partial charge in [-0.15, -0.1) is 0 Å². The van der Waals surface area contributed by atoms with Crippen molar-refractivity contribution in [2.24, 2.45) is 4.99 Å². The molecule has 0 aromatic carbocycles. The van der Waals surface area contributed by atoms with Crippen LogP contribution in [-0.2, 0) is 0 Å². The van der Waals surface area contributed by atoms with E-state index >= 15 is 0 Å². The van der Waals surface area contributed by atoms with E-state index in [2.05, 4.69) is 11.9 Å². The van der Waals surface area contributed by atoms with Gasteiger partial charge in [-0.2, -0.15) is 0 Å². The average molecular weight is 222 g/mol. The molecule has 13 heavy (non-hydrogen) atoms. The highest BCUT2D eigenvalue weighted by Crippen LogP contribution is 2.21. The molecule has 0 unspecified atom stereocenters. The van der Waals surface area contributed by atoms with Crippen LogP contribution >= 0.6 is 23.2 Å². The number of halogens is 2. The maximum Gasteiger partial charge on any atom is 0.145 e. The Balaban J connectivity index is 2.49. The normalized spacial score (nSPS) is 21.1. The zero-order valence-electron chi connectivity index (χ0n) is 8.10. The molecule has 0 saturated heterocycles. The number of aliphatic imine (C=N–C) groups is 1. The van der Waals surface area contributed by atoms with Crippen molar-refractivity contribution in [1.82, 2.24) is 0 Å². The van der Waals surface area contributed by atoms with Gasteiger partial charge in [-0.25, -0.2) is 0 Å². The molecule has 0 aromatic heterocycles. The first-order valence-electron chi connectivity index (χ1n) is 5.08. The zero-order valence-corrected chi connectivity index (χ0v) is 9.61. The third-order valence-corrected chi connectivity index (χ3v) is 3.04. The van der Waals surface area contributed by atoms with Gasteiger partial charge in [0.15, 0.2) is 0 Å². The maximum absolute atomic E-state index is 5.80. The lowest BCUT2D eigenvalue weighted by atomic mass is 9.96. The molecule has 0 amide bonds. The first-order valence-corrected chi connectivity index (χ1v) is 5.96. The van der Waals surface area contributed by atoms with Crippen LogP contribution in [0.5, 0.6) is 0 Å². The molecule has 0 atom stereocenters. The van der Waals surface area contributed by atoms with Gasteiger partial charge in [-0.1, -0.05) is 49.4 Å². The van der Waals surface area contributed by atoms with Gasteiger partial charge >= 0.3 is 0 Å². The molecular weight excluding hydrogens is 205 g/mol. The summed E-state index contributed by atoms with van der Waals surface area (Å²) in [4.78, 5) is 4.20. The highest BCUT2D eigenvalue weighted by Gasteiger charge is 2.14. The highest BCUT2D eigenvalue weighted by atomic mass is 35.5. The minimum Gasteiger partial charge on any atom is -0.288 e. The molecule has 1 aliphatic rings. The Morgan fingerprint density at radius 3 is 2.38 bits per heavy atom. The maximum atomic E-state index is 5.80. The average Bonchev–Trinajstić information content (AvgIpc) is 2.15. The van der Waals surface area contributed by atoms with Gasteiger partial charge in [0.05, 0.1) is 0 Å². The van der Waals surface area contributed by atoms with Crippen molar-refractivity contribution in [3.63, 3.8) is 0 Å². The van der Waals surface area contributed by atoms with Crippen LogP contribution in [0.15, 0.2) is 4.99 Å². The van der Waals surface area contributed by atoms with E-state index < -0.39 is 4.84 Å². The highest BCUT2D eigenvalue weighted by molar-refractivity contribution is 6.54. The molecule has 0 aliphatic heterocycles. The van der Waals surface area contributed by atoms with Crippen LogP contribution in [0.2, 0.25) is 0 Å². The monoisotopic (exact) mass is 221 g/mol. The summed E-state index contributed by atoms with van der Waals surface area (Å²) < 4.78 is 0. The molecule has 0 bridgehead atoms. The SMILES string of the molecule is CCC(=NC1CCCCC1)C(Cl)Cl. The third-order valence-electron chi connectivity index (χ3n) is 2.54. The molecule has 0 radical (unpaired) electrons. The Morgan fingerprint density at radius 1 is 1.31 bits per heavy atom. The zero-order chi connectivity index (χ0) is 9.68. The number of hydrogen-bond acceptors (Lipinski definition) is 1. The van der Waals surface area contributed by atoms with Crippen molar-refractivity contribution in [1.29, 1.82) is 0 Å². The summed E-state index contributed by atoms with van der Waals surface area (Å²) in [6.45, 7) is 2.05. The Morgan fingerprint density at radius 2 is 1.92 bits per heavy atom. The fraction of sp³-hybridized carbons (Fsp3) is 0.900.